The van der Waals surface area contributed by atoms with Gasteiger partial charge in [-0.1, -0.05) is 47.0 Å². The molecule has 0 aliphatic heterocycles. The molecule has 4 atom stereocenters. The summed E-state index contributed by atoms with van der Waals surface area (Å²) in [5, 5.41) is 3.25. The standard InChI is InChI=1S/C16H33NO2S/c1-5-8-14-9-10-15(17-7-3)16(11-14)20(18,19)12-13(4)6-2/h13-17H,5-12H2,1-4H3. The van der Waals surface area contributed by atoms with E-state index in [1.54, 1.807) is 0 Å². The predicted octanol–water partition coefficient (Wildman–Crippen LogP) is 3.39. The Hall–Kier alpha value is -0.0900. The fourth-order valence-electron chi connectivity index (χ4n) is 3.41. The van der Waals surface area contributed by atoms with Crippen LogP contribution in [0.4, 0.5) is 0 Å². The summed E-state index contributed by atoms with van der Waals surface area (Å²) in [5.41, 5.74) is 0. The van der Waals surface area contributed by atoms with Gasteiger partial charge < -0.3 is 5.32 Å². The molecule has 0 aromatic carbocycles. The van der Waals surface area contributed by atoms with Crippen LogP contribution < -0.4 is 5.32 Å². The van der Waals surface area contributed by atoms with Crippen LogP contribution in [0.2, 0.25) is 0 Å². The van der Waals surface area contributed by atoms with Gasteiger partial charge in [0.25, 0.3) is 0 Å². The molecule has 0 aromatic rings. The van der Waals surface area contributed by atoms with Gasteiger partial charge in [-0.25, -0.2) is 8.42 Å². The molecule has 0 saturated heterocycles. The summed E-state index contributed by atoms with van der Waals surface area (Å²) in [5.74, 6) is 1.23. The summed E-state index contributed by atoms with van der Waals surface area (Å²) in [7, 11) is -2.98. The molecule has 4 heteroatoms. The molecule has 1 aliphatic rings. The van der Waals surface area contributed by atoms with Gasteiger partial charge in [0, 0.05) is 6.04 Å². The van der Waals surface area contributed by atoms with Crippen molar-refractivity contribution in [1.29, 1.82) is 0 Å². The van der Waals surface area contributed by atoms with E-state index in [-0.39, 0.29) is 17.2 Å². The number of hydrogen-bond acceptors (Lipinski definition) is 3. The van der Waals surface area contributed by atoms with Crippen LogP contribution in [0, 0.1) is 11.8 Å². The van der Waals surface area contributed by atoms with E-state index in [1.807, 2.05) is 6.92 Å². The van der Waals surface area contributed by atoms with Gasteiger partial charge in [0.15, 0.2) is 9.84 Å². The zero-order valence-electron chi connectivity index (χ0n) is 13.7. The molecule has 1 aliphatic carbocycles. The summed E-state index contributed by atoms with van der Waals surface area (Å²) in [6.45, 7) is 9.24. The molecule has 0 bridgehead atoms. The minimum Gasteiger partial charge on any atom is -0.313 e. The van der Waals surface area contributed by atoms with E-state index in [2.05, 4.69) is 26.1 Å². The Labute approximate surface area is 125 Å². The SMILES string of the molecule is CCCC1CCC(NCC)C(S(=O)(=O)CC(C)CC)C1. The largest absolute Gasteiger partial charge is 0.313 e. The summed E-state index contributed by atoms with van der Waals surface area (Å²) in [6.07, 6.45) is 6.34. The first kappa shape index (κ1) is 18.0. The molecule has 0 amide bonds. The number of sulfone groups is 1. The van der Waals surface area contributed by atoms with Gasteiger partial charge in [-0.2, -0.15) is 0 Å². The van der Waals surface area contributed by atoms with Crippen LogP contribution in [-0.4, -0.2) is 32.0 Å². The van der Waals surface area contributed by atoms with Gasteiger partial charge in [0.05, 0.1) is 11.0 Å². The second kappa shape index (κ2) is 8.38. The van der Waals surface area contributed by atoms with Crippen LogP contribution >= 0.6 is 0 Å². The van der Waals surface area contributed by atoms with Crippen molar-refractivity contribution in [2.45, 2.75) is 77.5 Å². The number of hydrogen-bond donors (Lipinski definition) is 1. The lowest BCUT2D eigenvalue weighted by Gasteiger charge is -2.36. The van der Waals surface area contributed by atoms with E-state index < -0.39 is 9.84 Å². The fraction of sp³-hybridized carbons (Fsp3) is 1.00. The van der Waals surface area contributed by atoms with Crippen molar-refractivity contribution in [2.75, 3.05) is 12.3 Å². The second-order valence-electron chi connectivity index (χ2n) is 6.51. The molecule has 1 saturated carbocycles. The molecular weight excluding hydrogens is 270 g/mol. The van der Waals surface area contributed by atoms with E-state index in [9.17, 15) is 8.42 Å². The maximum absolute atomic E-state index is 12.7. The van der Waals surface area contributed by atoms with Crippen molar-refractivity contribution in [3.8, 4) is 0 Å². The van der Waals surface area contributed by atoms with Crippen molar-refractivity contribution in [2.24, 2.45) is 11.8 Å². The Morgan fingerprint density at radius 3 is 2.45 bits per heavy atom. The second-order valence-corrected chi connectivity index (χ2v) is 8.78. The quantitative estimate of drug-likeness (QED) is 0.747. The summed E-state index contributed by atoms with van der Waals surface area (Å²) >= 11 is 0. The van der Waals surface area contributed by atoms with Crippen LogP contribution in [-0.2, 0) is 9.84 Å². The molecular formula is C16H33NO2S. The van der Waals surface area contributed by atoms with Crippen molar-refractivity contribution in [1.82, 2.24) is 5.32 Å². The van der Waals surface area contributed by atoms with Gasteiger partial charge in [-0.15, -0.1) is 0 Å². The molecule has 4 unspecified atom stereocenters. The molecule has 3 nitrogen and oxygen atoms in total. The van der Waals surface area contributed by atoms with E-state index >= 15 is 0 Å². The highest BCUT2D eigenvalue weighted by Gasteiger charge is 2.38. The smallest absolute Gasteiger partial charge is 0.154 e. The molecule has 0 radical (unpaired) electrons. The van der Waals surface area contributed by atoms with Crippen LogP contribution in [0.15, 0.2) is 0 Å². The first-order valence-electron chi connectivity index (χ1n) is 8.39. The topological polar surface area (TPSA) is 46.2 Å². The molecule has 1 N–H and O–H groups in total. The van der Waals surface area contributed by atoms with Crippen LogP contribution in [0.3, 0.4) is 0 Å². The fourth-order valence-corrected chi connectivity index (χ4v) is 5.99. The normalized spacial score (nSPS) is 29.3. The summed E-state index contributed by atoms with van der Waals surface area (Å²) < 4.78 is 25.5. The first-order chi connectivity index (χ1) is 9.44. The van der Waals surface area contributed by atoms with E-state index in [4.69, 9.17) is 0 Å². The van der Waals surface area contributed by atoms with E-state index in [0.29, 0.717) is 11.7 Å². The molecule has 20 heavy (non-hydrogen) atoms. The predicted molar refractivity (Wildman–Crippen MR) is 86.7 cm³/mol. The van der Waals surface area contributed by atoms with Crippen molar-refractivity contribution >= 4 is 9.84 Å². The highest BCUT2D eigenvalue weighted by atomic mass is 32.2. The minimum absolute atomic E-state index is 0.165. The van der Waals surface area contributed by atoms with E-state index in [0.717, 1.165) is 32.2 Å². The van der Waals surface area contributed by atoms with Gasteiger partial charge in [-0.3, -0.25) is 0 Å². The third-order valence-electron chi connectivity index (χ3n) is 4.74. The lowest BCUT2D eigenvalue weighted by Crippen LogP contribution is -2.49. The van der Waals surface area contributed by atoms with Crippen molar-refractivity contribution < 1.29 is 8.42 Å². The summed E-state index contributed by atoms with van der Waals surface area (Å²) in [4.78, 5) is 0. The average molecular weight is 304 g/mol. The monoisotopic (exact) mass is 303 g/mol. The minimum atomic E-state index is -2.98. The maximum atomic E-state index is 12.7. The number of nitrogens with one attached hydrogen (secondary N) is 1. The Morgan fingerprint density at radius 2 is 1.90 bits per heavy atom. The zero-order valence-corrected chi connectivity index (χ0v) is 14.5. The lowest BCUT2D eigenvalue weighted by molar-refractivity contribution is 0.281. The lowest BCUT2D eigenvalue weighted by atomic mass is 9.83. The maximum Gasteiger partial charge on any atom is 0.154 e. The van der Waals surface area contributed by atoms with E-state index in [1.165, 1.54) is 12.8 Å². The van der Waals surface area contributed by atoms with Crippen LogP contribution in [0.1, 0.15) is 66.2 Å². The van der Waals surface area contributed by atoms with Crippen molar-refractivity contribution in [3.05, 3.63) is 0 Å². The molecule has 1 rings (SSSR count). The third kappa shape index (κ3) is 5.03. The Balaban J connectivity index is 2.81. The van der Waals surface area contributed by atoms with Crippen LogP contribution in [0.5, 0.6) is 0 Å². The molecule has 0 spiro atoms. The molecule has 0 aromatic heterocycles. The van der Waals surface area contributed by atoms with Gasteiger partial charge in [0.1, 0.15) is 0 Å². The summed E-state index contributed by atoms with van der Waals surface area (Å²) in [6, 6.07) is 0.169. The Kier molecular flexibility index (Phi) is 7.52. The molecule has 1 fully saturated rings. The molecule has 120 valence electrons. The van der Waals surface area contributed by atoms with Gasteiger partial charge in [0.2, 0.25) is 0 Å². The highest BCUT2D eigenvalue weighted by Crippen LogP contribution is 2.33. The molecule has 0 heterocycles. The Bertz CT molecular complexity index is 367. The Morgan fingerprint density at radius 1 is 1.20 bits per heavy atom. The zero-order chi connectivity index (χ0) is 15.2. The third-order valence-corrected chi connectivity index (χ3v) is 7.22. The average Bonchev–Trinajstić information content (AvgIpc) is 2.40. The number of rotatable bonds is 8. The van der Waals surface area contributed by atoms with Crippen LogP contribution in [0.25, 0.3) is 0 Å². The van der Waals surface area contributed by atoms with Crippen molar-refractivity contribution in [3.63, 3.8) is 0 Å². The van der Waals surface area contributed by atoms with Gasteiger partial charge >= 0.3 is 0 Å². The highest BCUT2D eigenvalue weighted by molar-refractivity contribution is 7.92. The first-order valence-corrected chi connectivity index (χ1v) is 10.1. The van der Waals surface area contributed by atoms with Gasteiger partial charge in [-0.05, 0) is 37.6 Å².